The molecule has 3 N–H and O–H groups in total. The number of nitrogens with two attached hydrogens (primary N) is 1. The Kier molecular flexibility index (Phi) is 3.23. The lowest BCUT2D eigenvalue weighted by molar-refractivity contribution is 0.201. The van der Waals surface area contributed by atoms with Crippen LogP contribution in [0.2, 0.25) is 0 Å². The fraction of sp³-hybridized carbons (Fsp3) is 0.500. The molecule has 1 fully saturated rings. The zero-order valence-electron chi connectivity index (χ0n) is 8.89. The largest absolute Gasteiger partial charge is 0.508 e. The van der Waals surface area contributed by atoms with E-state index < -0.39 is 0 Å². The molecule has 0 aromatic heterocycles. The van der Waals surface area contributed by atoms with Crippen molar-refractivity contribution in [2.24, 2.45) is 5.73 Å². The fourth-order valence-corrected chi connectivity index (χ4v) is 2.15. The highest BCUT2D eigenvalue weighted by molar-refractivity contribution is 5.27. The summed E-state index contributed by atoms with van der Waals surface area (Å²) in [7, 11) is 0. The third kappa shape index (κ3) is 2.94. The third-order valence-corrected chi connectivity index (χ3v) is 2.86. The zero-order valence-corrected chi connectivity index (χ0v) is 8.89. The summed E-state index contributed by atoms with van der Waals surface area (Å²) in [5, 5.41) is 9.35. The molecule has 1 heterocycles. The summed E-state index contributed by atoms with van der Waals surface area (Å²) in [4.78, 5) is 2.35. The third-order valence-electron chi connectivity index (χ3n) is 2.86. The van der Waals surface area contributed by atoms with E-state index >= 15 is 0 Å². The predicted molar refractivity (Wildman–Crippen MR) is 60.6 cm³/mol. The van der Waals surface area contributed by atoms with Crippen molar-refractivity contribution in [3.05, 3.63) is 29.8 Å². The Morgan fingerprint density at radius 1 is 1.47 bits per heavy atom. The van der Waals surface area contributed by atoms with Crippen LogP contribution in [0, 0.1) is 0 Å². The minimum Gasteiger partial charge on any atom is -0.508 e. The lowest BCUT2D eigenvalue weighted by Crippen LogP contribution is -2.42. The van der Waals surface area contributed by atoms with Gasteiger partial charge < -0.3 is 10.8 Å². The van der Waals surface area contributed by atoms with Gasteiger partial charge in [0.05, 0.1) is 0 Å². The van der Waals surface area contributed by atoms with Crippen molar-refractivity contribution in [3.8, 4) is 5.75 Å². The molecule has 15 heavy (non-hydrogen) atoms. The number of aromatic hydroxyl groups is 1. The second-order valence-electron chi connectivity index (χ2n) is 4.31. The molecule has 3 nitrogen and oxygen atoms in total. The van der Waals surface area contributed by atoms with E-state index in [1.165, 1.54) is 6.42 Å². The molecule has 1 atom stereocenters. The molecule has 1 aliphatic rings. The molecule has 0 spiro atoms. The number of hydrogen-bond acceptors (Lipinski definition) is 3. The molecule has 1 aliphatic heterocycles. The quantitative estimate of drug-likeness (QED) is 0.767. The van der Waals surface area contributed by atoms with Gasteiger partial charge in [0, 0.05) is 19.1 Å². The van der Waals surface area contributed by atoms with Gasteiger partial charge in [-0.05, 0) is 37.1 Å². The standard InChI is InChI=1S/C12H18N2O/c13-11-4-2-6-14(9-11)8-10-3-1-5-12(15)7-10/h1,3,5,7,11,15H,2,4,6,8-9,13H2. The highest BCUT2D eigenvalue weighted by Crippen LogP contribution is 2.15. The number of phenolic OH excluding ortho intramolecular Hbond substituents is 1. The molecule has 82 valence electrons. The maximum absolute atomic E-state index is 9.35. The van der Waals surface area contributed by atoms with Gasteiger partial charge >= 0.3 is 0 Å². The number of rotatable bonds is 2. The van der Waals surface area contributed by atoms with Gasteiger partial charge in [0.1, 0.15) is 5.75 Å². The normalized spacial score (nSPS) is 22.9. The van der Waals surface area contributed by atoms with E-state index in [0.29, 0.717) is 11.8 Å². The molecular weight excluding hydrogens is 188 g/mol. The van der Waals surface area contributed by atoms with E-state index in [0.717, 1.165) is 31.6 Å². The van der Waals surface area contributed by atoms with Crippen LogP contribution in [0.4, 0.5) is 0 Å². The number of phenols is 1. The predicted octanol–water partition coefficient (Wildman–Crippen LogP) is 1.32. The Hall–Kier alpha value is -1.06. The van der Waals surface area contributed by atoms with Crippen LogP contribution in [0.15, 0.2) is 24.3 Å². The zero-order chi connectivity index (χ0) is 10.7. The first-order chi connectivity index (χ1) is 7.24. The summed E-state index contributed by atoms with van der Waals surface area (Å²) in [6.07, 6.45) is 2.32. The smallest absolute Gasteiger partial charge is 0.115 e. The van der Waals surface area contributed by atoms with E-state index in [1.54, 1.807) is 6.07 Å². The van der Waals surface area contributed by atoms with E-state index in [-0.39, 0.29) is 0 Å². The molecule has 0 bridgehead atoms. The Morgan fingerprint density at radius 2 is 2.33 bits per heavy atom. The fourth-order valence-electron chi connectivity index (χ4n) is 2.15. The average molecular weight is 206 g/mol. The molecule has 1 unspecified atom stereocenters. The molecule has 1 aromatic rings. The molecule has 2 rings (SSSR count). The molecular formula is C12H18N2O. The summed E-state index contributed by atoms with van der Waals surface area (Å²) in [5.41, 5.74) is 7.07. The lowest BCUT2D eigenvalue weighted by Gasteiger charge is -2.30. The molecule has 1 aromatic carbocycles. The monoisotopic (exact) mass is 206 g/mol. The molecule has 0 aliphatic carbocycles. The number of benzene rings is 1. The van der Waals surface area contributed by atoms with Crippen molar-refractivity contribution in [3.63, 3.8) is 0 Å². The van der Waals surface area contributed by atoms with Crippen molar-refractivity contribution >= 4 is 0 Å². The van der Waals surface area contributed by atoms with Gasteiger partial charge in [-0.2, -0.15) is 0 Å². The van der Waals surface area contributed by atoms with Gasteiger partial charge in [-0.15, -0.1) is 0 Å². The van der Waals surface area contributed by atoms with Gasteiger partial charge in [-0.1, -0.05) is 12.1 Å². The van der Waals surface area contributed by atoms with Crippen molar-refractivity contribution in [1.82, 2.24) is 4.90 Å². The number of nitrogens with zero attached hydrogens (tertiary/aromatic N) is 1. The molecule has 0 radical (unpaired) electrons. The van der Waals surface area contributed by atoms with Crippen molar-refractivity contribution in [2.45, 2.75) is 25.4 Å². The maximum atomic E-state index is 9.35. The topological polar surface area (TPSA) is 49.5 Å². The lowest BCUT2D eigenvalue weighted by atomic mass is 10.1. The first-order valence-corrected chi connectivity index (χ1v) is 5.50. The van der Waals surface area contributed by atoms with Crippen LogP contribution in [0.25, 0.3) is 0 Å². The highest BCUT2D eigenvalue weighted by atomic mass is 16.3. The van der Waals surface area contributed by atoms with Crippen LogP contribution in [0.1, 0.15) is 18.4 Å². The van der Waals surface area contributed by atoms with E-state index in [4.69, 9.17) is 5.73 Å². The van der Waals surface area contributed by atoms with Crippen LogP contribution in [0.5, 0.6) is 5.75 Å². The van der Waals surface area contributed by atoms with Crippen molar-refractivity contribution < 1.29 is 5.11 Å². The van der Waals surface area contributed by atoms with Crippen LogP contribution < -0.4 is 5.73 Å². The van der Waals surface area contributed by atoms with Crippen LogP contribution in [0.3, 0.4) is 0 Å². The summed E-state index contributed by atoms with van der Waals surface area (Å²) >= 11 is 0. The maximum Gasteiger partial charge on any atom is 0.115 e. The Morgan fingerprint density at radius 3 is 3.07 bits per heavy atom. The molecule has 3 heteroatoms. The molecule has 0 saturated carbocycles. The van der Waals surface area contributed by atoms with Crippen LogP contribution in [-0.2, 0) is 6.54 Å². The van der Waals surface area contributed by atoms with Gasteiger partial charge in [0.2, 0.25) is 0 Å². The summed E-state index contributed by atoms with van der Waals surface area (Å²) in [6, 6.07) is 7.76. The van der Waals surface area contributed by atoms with Gasteiger partial charge in [0.25, 0.3) is 0 Å². The number of piperidine rings is 1. The van der Waals surface area contributed by atoms with E-state index in [9.17, 15) is 5.11 Å². The first kappa shape index (κ1) is 10.5. The Bertz CT molecular complexity index is 327. The Labute approximate surface area is 90.5 Å². The minimum atomic E-state index is 0.316. The van der Waals surface area contributed by atoms with Crippen molar-refractivity contribution in [2.75, 3.05) is 13.1 Å². The number of likely N-dealkylation sites (tertiary alicyclic amines) is 1. The highest BCUT2D eigenvalue weighted by Gasteiger charge is 2.16. The minimum absolute atomic E-state index is 0.316. The van der Waals surface area contributed by atoms with E-state index in [1.807, 2.05) is 18.2 Å². The van der Waals surface area contributed by atoms with Gasteiger partial charge in [0.15, 0.2) is 0 Å². The molecule has 1 saturated heterocycles. The van der Waals surface area contributed by atoms with Crippen LogP contribution in [-0.4, -0.2) is 29.1 Å². The Balaban J connectivity index is 1.96. The van der Waals surface area contributed by atoms with Gasteiger partial charge in [-0.25, -0.2) is 0 Å². The molecule has 0 amide bonds. The van der Waals surface area contributed by atoms with E-state index in [2.05, 4.69) is 4.90 Å². The SMILES string of the molecule is NC1CCCN(Cc2cccc(O)c2)C1. The first-order valence-electron chi connectivity index (χ1n) is 5.50. The van der Waals surface area contributed by atoms with Gasteiger partial charge in [-0.3, -0.25) is 4.90 Å². The average Bonchev–Trinajstić information content (AvgIpc) is 2.17. The van der Waals surface area contributed by atoms with Crippen LogP contribution >= 0.6 is 0 Å². The summed E-state index contributed by atoms with van der Waals surface area (Å²) in [5.74, 6) is 0.341. The number of hydrogen-bond donors (Lipinski definition) is 2. The summed E-state index contributed by atoms with van der Waals surface area (Å²) in [6.45, 7) is 2.97. The second-order valence-corrected chi connectivity index (χ2v) is 4.31. The summed E-state index contributed by atoms with van der Waals surface area (Å²) < 4.78 is 0. The van der Waals surface area contributed by atoms with Crippen molar-refractivity contribution in [1.29, 1.82) is 0 Å². The second kappa shape index (κ2) is 4.64.